The van der Waals surface area contributed by atoms with Crippen molar-refractivity contribution >= 4 is 23.6 Å². The molecule has 0 aromatic rings. The summed E-state index contributed by atoms with van der Waals surface area (Å²) in [6, 6.07) is 0. The van der Waals surface area contributed by atoms with Crippen LogP contribution in [0.15, 0.2) is 0 Å². The second-order valence-corrected chi connectivity index (χ2v) is 6.20. The molecule has 0 unspecified atom stereocenters. The highest BCUT2D eigenvalue weighted by molar-refractivity contribution is 8.00. The molecule has 1 amide bonds. The molecule has 0 aromatic carbocycles. The van der Waals surface area contributed by atoms with Crippen LogP contribution >= 0.6 is 11.8 Å². The van der Waals surface area contributed by atoms with Crippen molar-refractivity contribution in [3.05, 3.63) is 0 Å². The molecule has 1 rings (SSSR count). The van der Waals surface area contributed by atoms with Crippen LogP contribution in [0.1, 0.15) is 20.8 Å². The van der Waals surface area contributed by atoms with E-state index in [2.05, 4.69) is 5.32 Å². The number of esters is 1. The molecule has 1 aliphatic rings. The van der Waals surface area contributed by atoms with Gasteiger partial charge in [0.2, 0.25) is 5.91 Å². The first-order chi connectivity index (χ1) is 8.38. The highest BCUT2D eigenvalue weighted by Gasteiger charge is 2.18. The molecule has 18 heavy (non-hydrogen) atoms. The number of nitrogens with zero attached hydrogens (tertiary/aromatic N) is 1. The van der Waals surface area contributed by atoms with Crippen molar-refractivity contribution in [3.8, 4) is 0 Å². The van der Waals surface area contributed by atoms with Gasteiger partial charge in [-0.1, -0.05) is 0 Å². The van der Waals surface area contributed by atoms with E-state index in [4.69, 9.17) is 4.74 Å². The molecule has 6 heteroatoms. The Morgan fingerprint density at radius 1 is 1.22 bits per heavy atom. The first-order valence-corrected chi connectivity index (χ1v) is 7.32. The van der Waals surface area contributed by atoms with Crippen LogP contribution in [0.3, 0.4) is 0 Å². The van der Waals surface area contributed by atoms with Gasteiger partial charge in [-0.05, 0) is 20.8 Å². The topological polar surface area (TPSA) is 58.6 Å². The lowest BCUT2D eigenvalue weighted by Gasteiger charge is -2.27. The lowest BCUT2D eigenvalue weighted by molar-refractivity contribution is -0.151. The molecule has 1 N–H and O–H groups in total. The number of rotatable bonds is 4. The molecule has 0 saturated carbocycles. The summed E-state index contributed by atoms with van der Waals surface area (Å²) in [5, 5.41) is 3.19. The lowest BCUT2D eigenvalue weighted by atomic mass is 10.2. The number of carbonyl (C=O) groups excluding carboxylic acids is 2. The van der Waals surface area contributed by atoms with Crippen molar-refractivity contribution in [2.45, 2.75) is 26.4 Å². The maximum absolute atomic E-state index is 11.8. The van der Waals surface area contributed by atoms with E-state index < -0.39 is 5.60 Å². The number of piperazine rings is 1. The van der Waals surface area contributed by atoms with Crippen LogP contribution in [0, 0.1) is 0 Å². The minimum absolute atomic E-state index is 0.102. The van der Waals surface area contributed by atoms with Crippen molar-refractivity contribution in [2.24, 2.45) is 0 Å². The number of nitrogens with one attached hydrogen (secondary N) is 1. The Balaban J connectivity index is 2.17. The summed E-state index contributed by atoms with van der Waals surface area (Å²) in [5.74, 6) is 0.416. The third-order valence-electron chi connectivity index (χ3n) is 2.34. The first-order valence-electron chi connectivity index (χ1n) is 6.16. The fraction of sp³-hybridized carbons (Fsp3) is 0.833. The molecule has 104 valence electrons. The van der Waals surface area contributed by atoms with Gasteiger partial charge in [-0.15, -0.1) is 11.8 Å². The van der Waals surface area contributed by atoms with Gasteiger partial charge in [0.25, 0.3) is 0 Å². The Morgan fingerprint density at radius 3 is 2.39 bits per heavy atom. The van der Waals surface area contributed by atoms with E-state index in [0.717, 1.165) is 26.2 Å². The third-order valence-corrected chi connectivity index (χ3v) is 3.23. The van der Waals surface area contributed by atoms with Crippen LogP contribution in [-0.4, -0.2) is 60.1 Å². The van der Waals surface area contributed by atoms with Gasteiger partial charge in [0.1, 0.15) is 5.60 Å². The van der Waals surface area contributed by atoms with Gasteiger partial charge in [-0.3, -0.25) is 9.59 Å². The van der Waals surface area contributed by atoms with Crippen LogP contribution < -0.4 is 5.32 Å². The predicted octanol–water partition coefficient (Wildman–Crippen LogP) is 0.493. The zero-order chi connectivity index (χ0) is 13.6. The van der Waals surface area contributed by atoms with E-state index in [1.165, 1.54) is 11.8 Å². The summed E-state index contributed by atoms with van der Waals surface area (Å²) in [7, 11) is 0. The summed E-state index contributed by atoms with van der Waals surface area (Å²) in [6.07, 6.45) is 0. The SMILES string of the molecule is CC(C)(C)OC(=O)CSCC(=O)N1CCNCC1. The van der Waals surface area contributed by atoms with Crippen molar-refractivity contribution in [2.75, 3.05) is 37.7 Å². The molecule has 1 fully saturated rings. The van der Waals surface area contributed by atoms with Crippen molar-refractivity contribution < 1.29 is 14.3 Å². The van der Waals surface area contributed by atoms with Gasteiger partial charge in [-0.25, -0.2) is 0 Å². The van der Waals surface area contributed by atoms with Crippen LogP contribution in [0.4, 0.5) is 0 Å². The first kappa shape index (κ1) is 15.3. The summed E-state index contributed by atoms with van der Waals surface area (Å²) in [4.78, 5) is 25.1. The second kappa shape index (κ2) is 6.99. The van der Waals surface area contributed by atoms with Crippen molar-refractivity contribution in [3.63, 3.8) is 0 Å². The Hall–Kier alpha value is -0.750. The number of hydrogen-bond acceptors (Lipinski definition) is 5. The predicted molar refractivity (Wildman–Crippen MR) is 72.6 cm³/mol. The molecule has 1 aliphatic heterocycles. The molecule has 1 saturated heterocycles. The Kier molecular flexibility index (Phi) is 5.95. The summed E-state index contributed by atoms with van der Waals surface area (Å²) in [6.45, 7) is 8.72. The van der Waals surface area contributed by atoms with Gasteiger partial charge in [0, 0.05) is 26.2 Å². The average Bonchev–Trinajstić information content (AvgIpc) is 2.27. The fourth-order valence-corrected chi connectivity index (χ4v) is 2.28. The molecule has 0 atom stereocenters. The van der Waals surface area contributed by atoms with Crippen LogP contribution in [0.2, 0.25) is 0 Å². The van der Waals surface area contributed by atoms with Gasteiger partial charge < -0.3 is 15.0 Å². The molecule has 0 aromatic heterocycles. The number of thioether (sulfide) groups is 1. The quantitative estimate of drug-likeness (QED) is 0.756. The van der Waals surface area contributed by atoms with Crippen molar-refractivity contribution in [1.82, 2.24) is 10.2 Å². The minimum Gasteiger partial charge on any atom is -0.459 e. The highest BCUT2D eigenvalue weighted by atomic mass is 32.2. The Labute approximate surface area is 113 Å². The Morgan fingerprint density at radius 2 is 1.83 bits per heavy atom. The maximum atomic E-state index is 11.8. The van der Waals surface area contributed by atoms with Gasteiger partial charge in [0.15, 0.2) is 0 Å². The molecular weight excluding hydrogens is 252 g/mol. The van der Waals surface area contributed by atoms with Gasteiger partial charge >= 0.3 is 5.97 Å². The van der Waals surface area contributed by atoms with E-state index in [-0.39, 0.29) is 17.6 Å². The van der Waals surface area contributed by atoms with E-state index in [9.17, 15) is 9.59 Å². The molecule has 5 nitrogen and oxygen atoms in total. The third kappa shape index (κ3) is 6.26. The Bertz CT molecular complexity index is 296. The molecule has 0 spiro atoms. The average molecular weight is 274 g/mol. The van der Waals surface area contributed by atoms with Crippen molar-refractivity contribution in [1.29, 1.82) is 0 Å². The maximum Gasteiger partial charge on any atom is 0.316 e. The number of amides is 1. The largest absolute Gasteiger partial charge is 0.459 e. The number of hydrogen-bond donors (Lipinski definition) is 1. The van der Waals surface area contributed by atoms with E-state index >= 15 is 0 Å². The van der Waals surface area contributed by atoms with Gasteiger partial charge in [-0.2, -0.15) is 0 Å². The standard InChI is InChI=1S/C12H22N2O3S/c1-12(2,3)17-11(16)9-18-8-10(15)14-6-4-13-5-7-14/h13H,4-9H2,1-3H3. The minimum atomic E-state index is -0.458. The molecule has 1 heterocycles. The van der Waals surface area contributed by atoms with Crippen LogP contribution in [-0.2, 0) is 14.3 Å². The van der Waals surface area contributed by atoms with E-state index in [0.29, 0.717) is 5.75 Å². The molecule has 0 bridgehead atoms. The van der Waals surface area contributed by atoms with Crippen LogP contribution in [0.5, 0.6) is 0 Å². The normalized spacial score (nSPS) is 16.5. The van der Waals surface area contributed by atoms with Gasteiger partial charge in [0.05, 0.1) is 11.5 Å². The summed E-state index contributed by atoms with van der Waals surface area (Å²) >= 11 is 1.32. The zero-order valence-corrected chi connectivity index (χ0v) is 12.1. The molecular formula is C12H22N2O3S. The van der Waals surface area contributed by atoms with E-state index in [1.807, 2.05) is 25.7 Å². The number of carbonyl (C=O) groups is 2. The summed E-state index contributed by atoms with van der Waals surface area (Å²) < 4.78 is 5.17. The zero-order valence-electron chi connectivity index (χ0n) is 11.3. The lowest BCUT2D eigenvalue weighted by Crippen LogP contribution is -2.47. The highest BCUT2D eigenvalue weighted by Crippen LogP contribution is 2.10. The molecule has 0 aliphatic carbocycles. The summed E-state index contributed by atoms with van der Waals surface area (Å²) in [5.41, 5.74) is -0.458. The number of ether oxygens (including phenoxy) is 1. The van der Waals surface area contributed by atoms with E-state index in [1.54, 1.807) is 0 Å². The fourth-order valence-electron chi connectivity index (χ4n) is 1.60. The van der Waals surface area contributed by atoms with Crippen LogP contribution in [0.25, 0.3) is 0 Å². The monoisotopic (exact) mass is 274 g/mol. The second-order valence-electron chi connectivity index (χ2n) is 5.21. The molecule has 0 radical (unpaired) electrons. The smallest absolute Gasteiger partial charge is 0.316 e.